The molecule has 1 amide bonds. The number of furan rings is 1. The molecule has 1 atom stereocenters. The molecule has 24 heavy (non-hydrogen) atoms. The third-order valence-corrected chi connectivity index (χ3v) is 4.35. The Kier molecular flexibility index (Phi) is 5.01. The van der Waals surface area contributed by atoms with Gasteiger partial charge in [-0.3, -0.25) is 4.79 Å². The second kappa shape index (κ2) is 7.36. The lowest BCUT2D eigenvalue weighted by Gasteiger charge is -2.18. The van der Waals surface area contributed by atoms with Crippen LogP contribution in [0.4, 0.5) is 0 Å². The molecule has 4 nitrogen and oxygen atoms in total. The monoisotopic (exact) mass is 385 g/mol. The molecule has 3 aromatic rings. The summed E-state index contributed by atoms with van der Waals surface area (Å²) in [5.41, 5.74) is 1.45. The first-order chi connectivity index (χ1) is 11.7. The van der Waals surface area contributed by atoms with Crippen molar-refractivity contribution in [3.05, 3.63) is 88.3 Å². The fourth-order valence-corrected chi connectivity index (χ4v) is 2.86. The lowest BCUT2D eigenvalue weighted by Crippen LogP contribution is -2.29. The van der Waals surface area contributed by atoms with Gasteiger partial charge in [0.2, 0.25) is 0 Å². The third-order valence-electron chi connectivity index (χ3n) is 3.65. The van der Waals surface area contributed by atoms with Crippen LogP contribution >= 0.6 is 15.9 Å². The normalized spacial score (nSPS) is 11.8. The molecule has 1 heterocycles. The van der Waals surface area contributed by atoms with Crippen molar-refractivity contribution in [2.75, 3.05) is 7.11 Å². The van der Waals surface area contributed by atoms with Gasteiger partial charge in [0.25, 0.3) is 5.91 Å². The minimum absolute atomic E-state index is 0.217. The molecule has 0 fully saturated rings. The summed E-state index contributed by atoms with van der Waals surface area (Å²) in [5, 5.41) is 3.03. The van der Waals surface area contributed by atoms with E-state index in [0.29, 0.717) is 21.5 Å². The first kappa shape index (κ1) is 16.3. The first-order valence-electron chi connectivity index (χ1n) is 7.42. The standard InChI is InChI=1S/C19H16BrNO3/c1-23-14-9-10-16(20)15(12-14)19(22)21-18(17-8-5-11-24-17)13-6-3-2-4-7-13/h2-12,18H,1H3,(H,21,22). The Morgan fingerprint density at radius 1 is 1.12 bits per heavy atom. The molecule has 1 unspecified atom stereocenters. The highest BCUT2D eigenvalue weighted by Gasteiger charge is 2.21. The van der Waals surface area contributed by atoms with E-state index in [9.17, 15) is 4.79 Å². The Morgan fingerprint density at radius 2 is 1.92 bits per heavy atom. The minimum atomic E-state index is -0.369. The second-order valence-electron chi connectivity index (χ2n) is 5.18. The number of halogens is 1. The molecule has 3 rings (SSSR count). The van der Waals surface area contributed by atoms with E-state index in [1.165, 1.54) is 0 Å². The summed E-state index contributed by atoms with van der Waals surface area (Å²) in [6, 6.07) is 18.3. The molecule has 1 N–H and O–H groups in total. The third kappa shape index (κ3) is 3.51. The molecule has 0 saturated heterocycles. The van der Waals surface area contributed by atoms with Crippen molar-refractivity contribution in [1.29, 1.82) is 0 Å². The topological polar surface area (TPSA) is 51.5 Å². The van der Waals surface area contributed by atoms with Gasteiger partial charge < -0.3 is 14.5 Å². The van der Waals surface area contributed by atoms with Crippen LogP contribution in [-0.4, -0.2) is 13.0 Å². The summed E-state index contributed by atoms with van der Waals surface area (Å²) in [7, 11) is 1.57. The van der Waals surface area contributed by atoms with Crippen LogP contribution in [0.3, 0.4) is 0 Å². The highest BCUT2D eigenvalue weighted by molar-refractivity contribution is 9.10. The number of methoxy groups -OCH3 is 1. The van der Waals surface area contributed by atoms with Crippen molar-refractivity contribution in [2.45, 2.75) is 6.04 Å². The number of carbonyl (C=O) groups excluding carboxylic acids is 1. The van der Waals surface area contributed by atoms with Gasteiger partial charge in [-0.25, -0.2) is 0 Å². The summed E-state index contributed by atoms with van der Waals surface area (Å²) in [6.07, 6.45) is 1.60. The number of nitrogens with one attached hydrogen (secondary N) is 1. The van der Waals surface area contributed by atoms with Gasteiger partial charge in [-0.15, -0.1) is 0 Å². The molecule has 122 valence electrons. The molecule has 0 radical (unpaired) electrons. The molecular formula is C19H16BrNO3. The average Bonchev–Trinajstić information content (AvgIpc) is 3.15. The minimum Gasteiger partial charge on any atom is -0.497 e. The van der Waals surface area contributed by atoms with Crippen molar-refractivity contribution in [1.82, 2.24) is 5.32 Å². The highest BCUT2D eigenvalue weighted by Crippen LogP contribution is 2.26. The van der Waals surface area contributed by atoms with Gasteiger partial charge in [0.15, 0.2) is 0 Å². The van der Waals surface area contributed by atoms with Crippen LogP contribution in [0.2, 0.25) is 0 Å². The second-order valence-corrected chi connectivity index (χ2v) is 6.03. The Balaban J connectivity index is 1.92. The van der Waals surface area contributed by atoms with Crippen LogP contribution in [0.15, 0.2) is 75.8 Å². The zero-order valence-corrected chi connectivity index (χ0v) is 14.6. The van der Waals surface area contributed by atoms with E-state index in [4.69, 9.17) is 9.15 Å². The molecule has 0 aliphatic heterocycles. The maximum Gasteiger partial charge on any atom is 0.253 e. The molecule has 0 aliphatic rings. The van der Waals surface area contributed by atoms with Gasteiger partial charge in [0, 0.05) is 4.47 Å². The number of amides is 1. The van der Waals surface area contributed by atoms with E-state index in [0.717, 1.165) is 5.56 Å². The number of hydrogen-bond donors (Lipinski definition) is 1. The summed E-state index contributed by atoms with van der Waals surface area (Å²) in [4.78, 5) is 12.8. The molecular weight excluding hydrogens is 370 g/mol. The van der Waals surface area contributed by atoms with Crippen LogP contribution in [-0.2, 0) is 0 Å². The van der Waals surface area contributed by atoms with Gasteiger partial charge in [0.05, 0.1) is 18.9 Å². The van der Waals surface area contributed by atoms with Crippen LogP contribution in [0.1, 0.15) is 27.7 Å². The van der Waals surface area contributed by atoms with Gasteiger partial charge in [-0.2, -0.15) is 0 Å². The molecule has 0 saturated carbocycles. The Bertz CT molecular complexity index is 816. The fraction of sp³-hybridized carbons (Fsp3) is 0.105. The largest absolute Gasteiger partial charge is 0.497 e. The van der Waals surface area contributed by atoms with Gasteiger partial charge in [0.1, 0.15) is 17.6 Å². The van der Waals surface area contributed by atoms with E-state index < -0.39 is 0 Å². The number of ether oxygens (including phenoxy) is 1. The Morgan fingerprint density at radius 3 is 2.58 bits per heavy atom. The van der Waals surface area contributed by atoms with Gasteiger partial charge >= 0.3 is 0 Å². The van der Waals surface area contributed by atoms with Crippen molar-refractivity contribution in [3.8, 4) is 5.75 Å². The van der Waals surface area contributed by atoms with Crippen molar-refractivity contribution in [2.24, 2.45) is 0 Å². The number of rotatable bonds is 5. The van der Waals surface area contributed by atoms with Crippen LogP contribution in [0.25, 0.3) is 0 Å². The fourth-order valence-electron chi connectivity index (χ4n) is 2.43. The van der Waals surface area contributed by atoms with E-state index in [1.54, 1.807) is 37.6 Å². The number of carbonyl (C=O) groups is 1. The quantitative estimate of drug-likeness (QED) is 0.699. The van der Waals surface area contributed by atoms with Gasteiger partial charge in [-0.1, -0.05) is 30.3 Å². The lowest BCUT2D eigenvalue weighted by molar-refractivity contribution is 0.0938. The predicted molar refractivity (Wildman–Crippen MR) is 95.2 cm³/mol. The molecule has 2 aromatic carbocycles. The van der Waals surface area contributed by atoms with E-state index in [2.05, 4.69) is 21.2 Å². The predicted octanol–water partition coefficient (Wildman–Crippen LogP) is 4.57. The van der Waals surface area contributed by atoms with Crippen molar-refractivity contribution >= 4 is 21.8 Å². The molecule has 0 aliphatic carbocycles. The smallest absolute Gasteiger partial charge is 0.253 e. The van der Waals surface area contributed by atoms with Gasteiger partial charge in [-0.05, 0) is 51.8 Å². The van der Waals surface area contributed by atoms with E-state index in [1.807, 2.05) is 36.4 Å². The summed E-state index contributed by atoms with van der Waals surface area (Å²) in [5.74, 6) is 1.08. The molecule has 1 aromatic heterocycles. The maximum absolute atomic E-state index is 12.8. The maximum atomic E-state index is 12.8. The van der Waals surface area contributed by atoms with Crippen LogP contribution < -0.4 is 10.1 Å². The highest BCUT2D eigenvalue weighted by atomic mass is 79.9. The van der Waals surface area contributed by atoms with Crippen molar-refractivity contribution < 1.29 is 13.9 Å². The van der Waals surface area contributed by atoms with Crippen LogP contribution in [0.5, 0.6) is 5.75 Å². The Hall–Kier alpha value is -2.53. The zero-order chi connectivity index (χ0) is 16.9. The SMILES string of the molecule is COc1ccc(Br)c(C(=O)NC(c2ccccc2)c2ccco2)c1. The van der Waals surface area contributed by atoms with E-state index in [-0.39, 0.29) is 11.9 Å². The van der Waals surface area contributed by atoms with Crippen LogP contribution in [0, 0.1) is 0 Å². The van der Waals surface area contributed by atoms with E-state index >= 15 is 0 Å². The zero-order valence-electron chi connectivity index (χ0n) is 13.0. The number of hydrogen-bond acceptors (Lipinski definition) is 3. The lowest BCUT2D eigenvalue weighted by atomic mass is 10.0. The Labute approximate surface area is 148 Å². The summed E-state index contributed by atoms with van der Waals surface area (Å²) < 4.78 is 11.4. The summed E-state index contributed by atoms with van der Waals surface area (Å²) in [6.45, 7) is 0. The van der Waals surface area contributed by atoms with Crippen molar-refractivity contribution in [3.63, 3.8) is 0 Å². The summed E-state index contributed by atoms with van der Waals surface area (Å²) >= 11 is 3.42. The molecule has 0 spiro atoms. The molecule has 5 heteroatoms. The number of benzene rings is 2. The molecule has 0 bridgehead atoms. The first-order valence-corrected chi connectivity index (χ1v) is 8.21. The average molecular weight is 386 g/mol.